The van der Waals surface area contributed by atoms with Crippen LogP contribution in [0.3, 0.4) is 0 Å². The van der Waals surface area contributed by atoms with Crippen molar-refractivity contribution in [2.75, 3.05) is 13.2 Å². The van der Waals surface area contributed by atoms with E-state index in [0.717, 1.165) is 22.3 Å². The number of nitrogens with one attached hydrogen (secondary N) is 1. The minimum atomic E-state index is -0.974. The number of hydrogen-bond acceptors (Lipinski definition) is 4. The molecule has 2 N–H and O–H groups in total. The van der Waals surface area contributed by atoms with Gasteiger partial charge in [0.25, 0.3) is 0 Å². The summed E-state index contributed by atoms with van der Waals surface area (Å²) in [5, 5.41) is 11.8. The highest BCUT2D eigenvalue weighted by Gasteiger charge is 2.34. The fraction of sp³-hybridized carbons (Fsp3) is 0.444. The maximum atomic E-state index is 13.3. The number of aliphatic carboxylic acids is 1. The molecule has 182 valence electrons. The largest absolute Gasteiger partial charge is 0.481 e. The van der Waals surface area contributed by atoms with Gasteiger partial charge in [0.15, 0.2) is 0 Å². The molecule has 0 heterocycles. The summed E-state index contributed by atoms with van der Waals surface area (Å²) in [4.78, 5) is 38.6. The van der Waals surface area contributed by atoms with Crippen LogP contribution in [0.4, 0.5) is 4.79 Å². The molecule has 34 heavy (non-hydrogen) atoms. The van der Waals surface area contributed by atoms with E-state index in [-0.39, 0.29) is 31.4 Å². The fourth-order valence-electron chi connectivity index (χ4n) is 4.50. The summed E-state index contributed by atoms with van der Waals surface area (Å²) in [5.74, 6) is -1.34. The number of amides is 2. The van der Waals surface area contributed by atoms with Crippen molar-refractivity contribution in [1.29, 1.82) is 0 Å². The number of benzene rings is 2. The summed E-state index contributed by atoms with van der Waals surface area (Å²) in [7, 11) is 0. The summed E-state index contributed by atoms with van der Waals surface area (Å²) in [6, 6.07) is 15.4. The van der Waals surface area contributed by atoms with Crippen LogP contribution in [0.25, 0.3) is 11.1 Å². The third-order valence-corrected chi connectivity index (χ3v) is 6.14. The Hall–Kier alpha value is -3.35. The highest BCUT2D eigenvalue weighted by molar-refractivity contribution is 5.86. The van der Waals surface area contributed by atoms with E-state index >= 15 is 0 Å². The zero-order valence-electron chi connectivity index (χ0n) is 20.3. The number of carboxylic acids is 1. The Morgan fingerprint density at radius 3 is 2.09 bits per heavy atom. The Morgan fingerprint density at radius 1 is 1.03 bits per heavy atom. The average molecular weight is 467 g/mol. The zero-order chi connectivity index (χ0) is 24.9. The van der Waals surface area contributed by atoms with Crippen molar-refractivity contribution >= 4 is 18.0 Å². The topological polar surface area (TPSA) is 95.9 Å². The van der Waals surface area contributed by atoms with E-state index in [1.165, 1.54) is 4.90 Å². The summed E-state index contributed by atoms with van der Waals surface area (Å²) in [6.45, 7) is 7.71. The molecule has 0 aromatic heterocycles. The molecule has 1 unspecified atom stereocenters. The van der Waals surface area contributed by atoms with Gasteiger partial charge in [-0.3, -0.25) is 9.59 Å². The van der Waals surface area contributed by atoms with Crippen LogP contribution < -0.4 is 5.32 Å². The quantitative estimate of drug-likeness (QED) is 0.554. The number of alkyl carbamates (subject to hydrolysis) is 1. The minimum absolute atomic E-state index is 0.0693. The Morgan fingerprint density at radius 2 is 1.59 bits per heavy atom. The van der Waals surface area contributed by atoms with E-state index < -0.39 is 23.6 Å². The molecule has 0 fully saturated rings. The van der Waals surface area contributed by atoms with Gasteiger partial charge in [0.2, 0.25) is 5.91 Å². The van der Waals surface area contributed by atoms with Gasteiger partial charge in [0, 0.05) is 18.0 Å². The third kappa shape index (κ3) is 5.76. The molecule has 0 spiro atoms. The molecule has 2 aromatic carbocycles. The standard InChI is InChI=1S/C27H34N2O5/c1-5-10-23(25(32)29(27(2,3)4)16-15-24(30)31)28-26(33)34-17-22-20-13-8-6-11-18(20)19-12-7-9-14-21(19)22/h6-9,11-14,22-23H,5,10,15-17H2,1-4H3,(H,28,33)(H,30,31). The van der Waals surface area contributed by atoms with Crippen LogP contribution in [-0.4, -0.2) is 52.7 Å². The highest BCUT2D eigenvalue weighted by Crippen LogP contribution is 2.44. The maximum Gasteiger partial charge on any atom is 0.407 e. The molecule has 0 saturated carbocycles. The first kappa shape index (κ1) is 25.3. The number of hydrogen-bond donors (Lipinski definition) is 2. The van der Waals surface area contributed by atoms with Crippen LogP contribution in [0, 0.1) is 0 Å². The first-order chi connectivity index (χ1) is 16.1. The molecule has 0 saturated heterocycles. The number of ether oxygens (including phenoxy) is 1. The number of nitrogens with zero attached hydrogens (tertiary/aromatic N) is 1. The van der Waals surface area contributed by atoms with Crippen molar-refractivity contribution in [3.8, 4) is 11.1 Å². The van der Waals surface area contributed by atoms with Gasteiger partial charge in [-0.25, -0.2) is 4.79 Å². The second-order valence-electron chi connectivity index (χ2n) is 9.62. The third-order valence-electron chi connectivity index (χ3n) is 6.14. The van der Waals surface area contributed by atoms with E-state index in [2.05, 4.69) is 17.4 Å². The zero-order valence-corrected chi connectivity index (χ0v) is 20.3. The van der Waals surface area contributed by atoms with Gasteiger partial charge in [-0.2, -0.15) is 0 Å². The molecule has 3 rings (SSSR count). The van der Waals surface area contributed by atoms with Crippen molar-refractivity contribution in [3.05, 3.63) is 59.7 Å². The molecular formula is C27H34N2O5. The van der Waals surface area contributed by atoms with Crippen LogP contribution >= 0.6 is 0 Å². The van der Waals surface area contributed by atoms with Crippen molar-refractivity contribution in [2.45, 2.75) is 64.5 Å². The van der Waals surface area contributed by atoms with Gasteiger partial charge in [-0.1, -0.05) is 61.9 Å². The number of carbonyl (C=O) groups is 3. The second-order valence-corrected chi connectivity index (χ2v) is 9.62. The van der Waals surface area contributed by atoms with Gasteiger partial charge < -0.3 is 20.1 Å². The maximum absolute atomic E-state index is 13.3. The van der Waals surface area contributed by atoms with Crippen molar-refractivity contribution in [1.82, 2.24) is 10.2 Å². The van der Waals surface area contributed by atoms with Gasteiger partial charge >= 0.3 is 12.1 Å². The Bertz CT molecular complexity index is 998. The Kier molecular flexibility index (Phi) is 7.97. The Labute approximate surface area is 201 Å². The monoisotopic (exact) mass is 466 g/mol. The summed E-state index contributed by atoms with van der Waals surface area (Å²) >= 11 is 0. The predicted molar refractivity (Wildman–Crippen MR) is 131 cm³/mol. The molecule has 0 radical (unpaired) electrons. The lowest BCUT2D eigenvalue weighted by Gasteiger charge is -2.38. The molecule has 0 aliphatic heterocycles. The smallest absolute Gasteiger partial charge is 0.407 e. The van der Waals surface area contributed by atoms with E-state index in [9.17, 15) is 14.4 Å². The fourth-order valence-corrected chi connectivity index (χ4v) is 4.50. The van der Waals surface area contributed by atoms with Crippen LogP contribution in [0.15, 0.2) is 48.5 Å². The molecular weight excluding hydrogens is 432 g/mol. The van der Waals surface area contributed by atoms with Crippen LogP contribution in [0.5, 0.6) is 0 Å². The van der Waals surface area contributed by atoms with E-state index in [1.807, 2.05) is 64.1 Å². The van der Waals surface area contributed by atoms with Gasteiger partial charge in [0.1, 0.15) is 12.6 Å². The second kappa shape index (κ2) is 10.7. The average Bonchev–Trinajstić information content (AvgIpc) is 3.10. The molecule has 1 atom stereocenters. The molecule has 1 aliphatic carbocycles. The van der Waals surface area contributed by atoms with Gasteiger partial charge in [0.05, 0.1) is 6.42 Å². The van der Waals surface area contributed by atoms with E-state index in [4.69, 9.17) is 9.84 Å². The van der Waals surface area contributed by atoms with Crippen molar-refractivity contribution in [2.24, 2.45) is 0 Å². The highest BCUT2D eigenvalue weighted by atomic mass is 16.5. The van der Waals surface area contributed by atoms with Crippen LogP contribution in [0.1, 0.15) is 64.0 Å². The lowest BCUT2D eigenvalue weighted by Crippen LogP contribution is -2.55. The molecule has 1 aliphatic rings. The molecule has 0 bridgehead atoms. The molecule has 2 aromatic rings. The van der Waals surface area contributed by atoms with Crippen molar-refractivity contribution in [3.63, 3.8) is 0 Å². The van der Waals surface area contributed by atoms with Crippen LogP contribution in [-0.2, 0) is 14.3 Å². The summed E-state index contributed by atoms with van der Waals surface area (Å²) in [6.07, 6.45) is 0.299. The van der Waals surface area contributed by atoms with E-state index in [0.29, 0.717) is 12.8 Å². The number of rotatable bonds is 9. The normalized spacial score (nSPS) is 13.5. The number of fused-ring (bicyclic) bond motifs is 3. The molecule has 7 nitrogen and oxygen atoms in total. The lowest BCUT2D eigenvalue weighted by molar-refractivity contribution is -0.141. The predicted octanol–water partition coefficient (Wildman–Crippen LogP) is 4.80. The first-order valence-electron chi connectivity index (χ1n) is 11.8. The summed E-state index contributed by atoms with van der Waals surface area (Å²) in [5.41, 5.74) is 3.94. The van der Waals surface area contributed by atoms with E-state index in [1.54, 1.807) is 0 Å². The minimum Gasteiger partial charge on any atom is -0.481 e. The first-order valence-corrected chi connectivity index (χ1v) is 11.8. The lowest BCUT2D eigenvalue weighted by atomic mass is 9.98. The molecule has 7 heteroatoms. The van der Waals surface area contributed by atoms with Crippen LogP contribution in [0.2, 0.25) is 0 Å². The Balaban J connectivity index is 1.69. The van der Waals surface area contributed by atoms with Crippen molar-refractivity contribution < 1.29 is 24.2 Å². The molecule has 2 amide bonds. The SMILES string of the molecule is CCCC(NC(=O)OCC1c2ccccc2-c2ccccc21)C(=O)N(CCC(=O)O)C(C)(C)C. The number of carbonyl (C=O) groups excluding carboxylic acids is 2. The summed E-state index contributed by atoms with van der Waals surface area (Å²) < 4.78 is 5.62. The van der Waals surface area contributed by atoms with Gasteiger partial charge in [-0.15, -0.1) is 0 Å². The van der Waals surface area contributed by atoms with Gasteiger partial charge in [-0.05, 0) is 49.4 Å². The number of carboxylic acid groups (broad SMARTS) is 1.